The number of esters is 1. The molecule has 0 saturated heterocycles. The van der Waals surface area contributed by atoms with Crippen LogP contribution in [0, 0.1) is 0 Å². The van der Waals surface area contributed by atoms with Crippen molar-refractivity contribution in [2.24, 2.45) is 5.73 Å². The zero-order valence-electron chi connectivity index (χ0n) is 11.3. The third-order valence-corrected chi connectivity index (χ3v) is 3.97. The van der Waals surface area contributed by atoms with E-state index in [0.29, 0.717) is 0 Å². The standard InChI is InChI=1S/C11H16N4O5S/c1-20-10(16)7-2-3-9(8(12)6-7)21(18,19)15-5-4-14-11(13)17/h2-3,6,15H,4-5,12H2,1H3,(H3,13,14,17). The number of nitrogens with two attached hydrogens (primary N) is 2. The van der Waals surface area contributed by atoms with Crippen molar-refractivity contribution in [3.8, 4) is 0 Å². The van der Waals surface area contributed by atoms with E-state index in [9.17, 15) is 18.0 Å². The maximum absolute atomic E-state index is 12.0. The zero-order chi connectivity index (χ0) is 16.0. The molecule has 0 aromatic heterocycles. The Balaban J connectivity index is 2.84. The third kappa shape index (κ3) is 4.61. The van der Waals surface area contributed by atoms with Crippen molar-refractivity contribution in [2.45, 2.75) is 4.90 Å². The molecule has 21 heavy (non-hydrogen) atoms. The van der Waals surface area contributed by atoms with Gasteiger partial charge in [0.15, 0.2) is 0 Å². The largest absolute Gasteiger partial charge is 0.465 e. The number of benzene rings is 1. The van der Waals surface area contributed by atoms with Gasteiger partial charge in [-0.1, -0.05) is 0 Å². The van der Waals surface area contributed by atoms with Gasteiger partial charge in [0.2, 0.25) is 10.0 Å². The quantitative estimate of drug-likeness (QED) is 0.300. The van der Waals surface area contributed by atoms with Crippen molar-refractivity contribution in [2.75, 3.05) is 25.9 Å². The maximum Gasteiger partial charge on any atom is 0.337 e. The predicted octanol–water partition coefficient (Wildman–Crippen LogP) is -0.998. The van der Waals surface area contributed by atoms with E-state index < -0.39 is 22.0 Å². The molecule has 0 aliphatic rings. The molecule has 116 valence electrons. The Hall–Kier alpha value is -2.33. The number of primary amides is 1. The monoisotopic (exact) mass is 316 g/mol. The summed E-state index contributed by atoms with van der Waals surface area (Å²) in [5.74, 6) is -0.621. The second kappa shape index (κ2) is 6.90. The number of rotatable bonds is 6. The van der Waals surface area contributed by atoms with Crippen LogP contribution in [0.1, 0.15) is 10.4 Å². The van der Waals surface area contributed by atoms with Gasteiger partial charge in [-0.2, -0.15) is 0 Å². The van der Waals surface area contributed by atoms with Crippen LogP contribution in [0.25, 0.3) is 0 Å². The van der Waals surface area contributed by atoms with Crippen molar-refractivity contribution >= 4 is 27.7 Å². The van der Waals surface area contributed by atoms with Crippen LogP contribution in [-0.4, -0.2) is 40.6 Å². The zero-order valence-corrected chi connectivity index (χ0v) is 12.1. The van der Waals surface area contributed by atoms with Crippen LogP contribution in [0.5, 0.6) is 0 Å². The van der Waals surface area contributed by atoms with Crippen LogP contribution in [0.2, 0.25) is 0 Å². The lowest BCUT2D eigenvalue weighted by Gasteiger charge is -2.10. The second-order valence-electron chi connectivity index (χ2n) is 3.93. The van der Waals surface area contributed by atoms with Gasteiger partial charge in [-0.15, -0.1) is 0 Å². The summed E-state index contributed by atoms with van der Waals surface area (Å²) in [6, 6.07) is 2.95. The average Bonchev–Trinajstić information content (AvgIpc) is 2.42. The van der Waals surface area contributed by atoms with Crippen LogP contribution < -0.4 is 21.5 Å². The number of carbonyl (C=O) groups is 2. The molecule has 0 bridgehead atoms. The first-order valence-corrected chi connectivity index (χ1v) is 7.27. The maximum atomic E-state index is 12.0. The number of anilines is 1. The van der Waals surface area contributed by atoms with Gasteiger partial charge in [0.1, 0.15) is 4.90 Å². The number of ether oxygens (including phenoxy) is 1. The molecule has 10 heteroatoms. The molecule has 2 amide bonds. The van der Waals surface area contributed by atoms with Crippen LogP contribution in [-0.2, 0) is 14.8 Å². The number of methoxy groups -OCH3 is 1. The summed E-state index contributed by atoms with van der Waals surface area (Å²) in [6.45, 7) is -0.0157. The fraction of sp³-hybridized carbons (Fsp3) is 0.273. The summed E-state index contributed by atoms with van der Waals surface area (Å²) in [6.07, 6.45) is 0. The van der Waals surface area contributed by atoms with E-state index in [1.54, 1.807) is 0 Å². The minimum atomic E-state index is -3.86. The second-order valence-corrected chi connectivity index (χ2v) is 5.67. The van der Waals surface area contributed by atoms with Gasteiger partial charge in [0.25, 0.3) is 0 Å². The van der Waals surface area contributed by atoms with Crippen LogP contribution in [0.3, 0.4) is 0 Å². The molecule has 0 atom stereocenters. The Bertz CT molecular complexity index is 644. The number of sulfonamides is 1. The highest BCUT2D eigenvalue weighted by Crippen LogP contribution is 2.19. The van der Waals surface area contributed by atoms with Gasteiger partial charge in [-0.05, 0) is 18.2 Å². The van der Waals surface area contributed by atoms with Gasteiger partial charge in [-0.25, -0.2) is 22.7 Å². The molecule has 1 aromatic carbocycles. The van der Waals surface area contributed by atoms with Crippen molar-refractivity contribution < 1.29 is 22.7 Å². The van der Waals surface area contributed by atoms with Crippen molar-refractivity contribution in [3.63, 3.8) is 0 Å². The molecule has 0 aliphatic heterocycles. The molecule has 0 unspecified atom stereocenters. The smallest absolute Gasteiger partial charge is 0.337 e. The van der Waals surface area contributed by atoms with E-state index in [4.69, 9.17) is 11.5 Å². The molecule has 0 spiro atoms. The number of nitrogen functional groups attached to an aromatic ring is 1. The number of amides is 2. The highest BCUT2D eigenvalue weighted by atomic mass is 32.2. The first-order chi connectivity index (χ1) is 9.77. The van der Waals surface area contributed by atoms with E-state index in [1.165, 1.54) is 25.3 Å². The summed E-state index contributed by atoms with van der Waals surface area (Å²) in [4.78, 5) is 21.6. The summed E-state index contributed by atoms with van der Waals surface area (Å²) in [7, 11) is -2.65. The predicted molar refractivity (Wildman–Crippen MR) is 75.0 cm³/mol. The lowest BCUT2D eigenvalue weighted by molar-refractivity contribution is 0.0600. The minimum absolute atomic E-state index is 0.0364. The molecule has 0 aliphatic carbocycles. The fourth-order valence-corrected chi connectivity index (χ4v) is 2.63. The first kappa shape index (κ1) is 16.7. The molecule has 0 fully saturated rings. The summed E-state index contributed by atoms with van der Waals surface area (Å²) < 4.78 is 30.7. The van der Waals surface area contributed by atoms with Gasteiger partial charge < -0.3 is 21.5 Å². The molecule has 0 radical (unpaired) electrons. The highest BCUT2D eigenvalue weighted by Gasteiger charge is 2.18. The van der Waals surface area contributed by atoms with E-state index in [0.717, 1.165) is 0 Å². The number of carbonyl (C=O) groups excluding carboxylic acids is 2. The van der Waals surface area contributed by atoms with Gasteiger partial charge in [0, 0.05) is 13.1 Å². The molecular formula is C11H16N4O5S. The number of hydrogen-bond acceptors (Lipinski definition) is 6. The molecule has 6 N–H and O–H groups in total. The van der Waals surface area contributed by atoms with Crippen LogP contribution in [0.4, 0.5) is 10.5 Å². The Labute approximate surface area is 121 Å². The summed E-state index contributed by atoms with van der Waals surface area (Å²) in [5, 5.41) is 2.24. The number of urea groups is 1. The van der Waals surface area contributed by atoms with Gasteiger partial charge in [0.05, 0.1) is 18.4 Å². The summed E-state index contributed by atoms with van der Waals surface area (Å²) in [5.41, 5.74) is 10.5. The Morgan fingerprint density at radius 1 is 1.29 bits per heavy atom. The lowest BCUT2D eigenvalue weighted by Crippen LogP contribution is -2.37. The molecule has 1 rings (SSSR count). The van der Waals surface area contributed by atoms with E-state index in [-0.39, 0.29) is 29.2 Å². The summed E-state index contributed by atoms with van der Waals surface area (Å²) >= 11 is 0. The fourth-order valence-electron chi connectivity index (χ4n) is 1.49. The first-order valence-electron chi connectivity index (χ1n) is 5.78. The molecule has 0 saturated carbocycles. The van der Waals surface area contributed by atoms with Crippen LogP contribution >= 0.6 is 0 Å². The highest BCUT2D eigenvalue weighted by molar-refractivity contribution is 7.89. The van der Waals surface area contributed by atoms with Crippen molar-refractivity contribution in [1.29, 1.82) is 0 Å². The van der Waals surface area contributed by atoms with Crippen molar-refractivity contribution in [1.82, 2.24) is 10.0 Å². The van der Waals surface area contributed by atoms with Gasteiger partial charge >= 0.3 is 12.0 Å². The molecule has 1 aromatic rings. The average molecular weight is 316 g/mol. The van der Waals surface area contributed by atoms with Crippen LogP contribution in [0.15, 0.2) is 23.1 Å². The van der Waals surface area contributed by atoms with Crippen molar-refractivity contribution in [3.05, 3.63) is 23.8 Å². The molecular weight excluding hydrogens is 300 g/mol. The SMILES string of the molecule is COC(=O)c1ccc(S(=O)(=O)NCCNC(N)=O)c(N)c1. The Morgan fingerprint density at radius 2 is 1.95 bits per heavy atom. The molecule has 0 heterocycles. The number of nitrogens with one attached hydrogen (secondary N) is 2. The van der Waals surface area contributed by atoms with Gasteiger partial charge in [-0.3, -0.25) is 0 Å². The third-order valence-electron chi connectivity index (χ3n) is 2.44. The number of hydrogen-bond donors (Lipinski definition) is 4. The Morgan fingerprint density at radius 3 is 2.48 bits per heavy atom. The van der Waals surface area contributed by atoms with E-state index in [1.807, 2.05) is 0 Å². The van der Waals surface area contributed by atoms with E-state index in [2.05, 4.69) is 14.8 Å². The lowest BCUT2D eigenvalue weighted by atomic mass is 10.2. The topological polar surface area (TPSA) is 154 Å². The molecule has 9 nitrogen and oxygen atoms in total. The Kier molecular flexibility index (Phi) is 5.50. The minimum Gasteiger partial charge on any atom is -0.465 e. The normalized spacial score (nSPS) is 10.9. The van der Waals surface area contributed by atoms with E-state index >= 15 is 0 Å².